The van der Waals surface area contributed by atoms with Crippen molar-refractivity contribution in [3.05, 3.63) is 49.1 Å². The Hall–Kier alpha value is -2.45. The number of hydrogen-bond acceptors (Lipinski definition) is 5. The first-order valence-corrected chi connectivity index (χ1v) is 8.83. The lowest BCUT2D eigenvalue weighted by Crippen LogP contribution is -2.37. The van der Waals surface area contributed by atoms with E-state index in [9.17, 15) is 9.59 Å². The average Bonchev–Trinajstić information content (AvgIpc) is 2.94. The molecule has 2 heterocycles. The van der Waals surface area contributed by atoms with Gasteiger partial charge in [0.25, 0.3) is 11.6 Å². The Morgan fingerprint density at radius 2 is 1.81 bits per heavy atom. The molecule has 3 aromatic rings. The molecule has 1 aromatic carbocycles. The molecule has 0 saturated carbocycles. The van der Waals surface area contributed by atoms with Gasteiger partial charge in [-0.15, -0.1) is 0 Å². The van der Waals surface area contributed by atoms with Crippen LogP contribution in [0.1, 0.15) is 6.92 Å². The molecule has 0 aliphatic carbocycles. The third-order valence-electron chi connectivity index (χ3n) is 4.11. The predicted molar refractivity (Wildman–Crippen MR) is 103 cm³/mol. The molecule has 0 bridgehead atoms. The van der Waals surface area contributed by atoms with E-state index >= 15 is 0 Å². The van der Waals surface area contributed by atoms with E-state index in [2.05, 4.69) is 4.98 Å². The minimum Gasteiger partial charge on any atom is -0.488 e. The number of fused-ring (bicyclic) bond motifs is 1. The summed E-state index contributed by atoms with van der Waals surface area (Å²) in [6.45, 7) is 1.99. The third kappa shape index (κ3) is 3.54. The zero-order valence-corrected chi connectivity index (χ0v) is 16.7. The zero-order chi connectivity index (χ0) is 19.9. The molecule has 8 nitrogen and oxygen atoms in total. The fraction of sp³-hybridized carbons (Fsp3) is 0.353. The molecular weight excluding hydrogens is 395 g/mol. The van der Waals surface area contributed by atoms with Crippen LogP contribution in [0.15, 0.2) is 27.8 Å². The highest BCUT2D eigenvalue weighted by molar-refractivity contribution is 6.35. The van der Waals surface area contributed by atoms with Crippen molar-refractivity contribution in [3.63, 3.8) is 0 Å². The van der Waals surface area contributed by atoms with Gasteiger partial charge in [-0.25, -0.2) is 4.79 Å². The number of nitrogens with zero attached hydrogens (tertiary/aromatic N) is 4. The van der Waals surface area contributed by atoms with Crippen LogP contribution in [0.2, 0.25) is 10.0 Å². The number of rotatable bonds is 5. The summed E-state index contributed by atoms with van der Waals surface area (Å²) in [4.78, 5) is 28.7. The van der Waals surface area contributed by atoms with Crippen molar-refractivity contribution < 1.29 is 9.47 Å². The highest BCUT2D eigenvalue weighted by Crippen LogP contribution is 2.27. The third-order valence-corrected chi connectivity index (χ3v) is 4.64. The second-order valence-electron chi connectivity index (χ2n) is 6.15. The second-order valence-corrected chi connectivity index (χ2v) is 6.99. The van der Waals surface area contributed by atoms with E-state index in [4.69, 9.17) is 32.7 Å². The molecule has 0 amide bonds. The van der Waals surface area contributed by atoms with Gasteiger partial charge >= 0.3 is 5.69 Å². The summed E-state index contributed by atoms with van der Waals surface area (Å²) >= 11 is 11.9. The van der Waals surface area contributed by atoms with Gasteiger partial charge in [-0.1, -0.05) is 23.2 Å². The molecule has 27 heavy (non-hydrogen) atoms. The van der Waals surface area contributed by atoms with Crippen LogP contribution in [0.25, 0.3) is 11.2 Å². The van der Waals surface area contributed by atoms with Crippen LogP contribution in [0, 0.1) is 0 Å². The van der Waals surface area contributed by atoms with Gasteiger partial charge in [-0.05, 0) is 25.1 Å². The Bertz CT molecular complexity index is 1130. The summed E-state index contributed by atoms with van der Waals surface area (Å²) in [5.41, 5.74) is -0.348. The van der Waals surface area contributed by atoms with Crippen LogP contribution >= 0.6 is 23.2 Å². The number of aryl methyl sites for hydroxylation is 2. The molecule has 1 unspecified atom stereocenters. The summed E-state index contributed by atoms with van der Waals surface area (Å²) in [6, 6.07) is 5.15. The number of aromatic nitrogens is 4. The van der Waals surface area contributed by atoms with E-state index in [-0.39, 0.29) is 23.8 Å². The second kappa shape index (κ2) is 7.28. The van der Waals surface area contributed by atoms with Gasteiger partial charge in [0.15, 0.2) is 11.2 Å². The Morgan fingerprint density at radius 1 is 1.11 bits per heavy atom. The highest BCUT2D eigenvalue weighted by Gasteiger charge is 2.19. The van der Waals surface area contributed by atoms with Crippen molar-refractivity contribution in [2.24, 2.45) is 21.1 Å². The molecule has 0 N–H and O–H groups in total. The SMILES string of the molecule is CC(COc1ccc(Cl)cc1Cl)Oc1nc2c(c(=O)n(C)c(=O)n2C)n1C. The summed E-state index contributed by atoms with van der Waals surface area (Å²) in [6.07, 6.45) is -0.395. The minimum absolute atomic E-state index is 0.196. The lowest BCUT2D eigenvalue weighted by atomic mass is 10.3. The molecule has 3 rings (SSSR count). The van der Waals surface area contributed by atoms with Crippen molar-refractivity contribution >= 4 is 34.4 Å². The lowest BCUT2D eigenvalue weighted by Gasteiger charge is -2.15. The fourth-order valence-electron chi connectivity index (χ4n) is 2.62. The molecule has 0 aliphatic heterocycles. The van der Waals surface area contributed by atoms with Gasteiger partial charge in [0.2, 0.25) is 0 Å². The van der Waals surface area contributed by atoms with Gasteiger partial charge in [-0.3, -0.25) is 18.5 Å². The maximum atomic E-state index is 12.4. The van der Waals surface area contributed by atoms with Crippen molar-refractivity contribution in [1.82, 2.24) is 18.7 Å². The van der Waals surface area contributed by atoms with Crippen LogP contribution in [-0.4, -0.2) is 31.4 Å². The number of ether oxygens (including phenoxy) is 2. The van der Waals surface area contributed by atoms with Gasteiger partial charge in [-0.2, -0.15) is 4.98 Å². The molecule has 0 fully saturated rings. The maximum absolute atomic E-state index is 12.4. The number of hydrogen-bond donors (Lipinski definition) is 0. The molecule has 10 heteroatoms. The summed E-state index contributed by atoms with van der Waals surface area (Å²) in [5, 5.41) is 0.916. The first-order valence-electron chi connectivity index (χ1n) is 8.07. The molecule has 1 atom stereocenters. The topological polar surface area (TPSA) is 80.3 Å². The van der Waals surface area contributed by atoms with Gasteiger partial charge in [0.05, 0.1) is 5.02 Å². The molecule has 0 saturated heterocycles. The molecular formula is C17H18Cl2N4O4. The minimum atomic E-state index is -0.453. The van der Waals surface area contributed by atoms with Crippen LogP contribution in [0.4, 0.5) is 0 Å². The van der Waals surface area contributed by atoms with Gasteiger partial charge in [0.1, 0.15) is 18.5 Å². The average molecular weight is 413 g/mol. The Balaban J connectivity index is 1.83. The monoisotopic (exact) mass is 412 g/mol. The van der Waals surface area contributed by atoms with Crippen molar-refractivity contribution in [3.8, 4) is 11.8 Å². The normalized spacial score (nSPS) is 12.4. The number of halogens is 2. The molecule has 0 aliphatic rings. The highest BCUT2D eigenvalue weighted by atomic mass is 35.5. The van der Waals surface area contributed by atoms with Crippen molar-refractivity contribution in [1.29, 1.82) is 0 Å². The smallest absolute Gasteiger partial charge is 0.332 e. The first kappa shape index (κ1) is 19.3. The summed E-state index contributed by atoms with van der Waals surface area (Å²) in [7, 11) is 4.63. The van der Waals surface area contributed by atoms with Crippen LogP contribution in [0.3, 0.4) is 0 Å². The Kier molecular flexibility index (Phi) is 5.21. The fourth-order valence-corrected chi connectivity index (χ4v) is 3.08. The maximum Gasteiger partial charge on any atom is 0.332 e. The lowest BCUT2D eigenvalue weighted by molar-refractivity contribution is 0.130. The molecule has 0 radical (unpaired) electrons. The summed E-state index contributed by atoms with van der Waals surface area (Å²) in [5.74, 6) is 0.484. The van der Waals surface area contributed by atoms with Crippen LogP contribution in [0.5, 0.6) is 11.8 Å². The number of benzene rings is 1. The van der Waals surface area contributed by atoms with E-state index in [0.29, 0.717) is 15.8 Å². The van der Waals surface area contributed by atoms with Gasteiger partial charge in [0, 0.05) is 26.2 Å². The Labute approximate surface area is 164 Å². The van der Waals surface area contributed by atoms with E-state index in [1.807, 2.05) is 0 Å². The summed E-state index contributed by atoms with van der Waals surface area (Å²) < 4.78 is 15.3. The Morgan fingerprint density at radius 3 is 2.48 bits per heavy atom. The zero-order valence-electron chi connectivity index (χ0n) is 15.2. The molecule has 144 valence electrons. The quantitative estimate of drug-likeness (QED) is 0.640. The largest absolute Gasteiger partial charge is 0.488 e. The standard InChI is InChI=1S/C17H18Cl2N4O4/c1-9(8-26-12-6-5-10(18)7-11(12)19)27-16-20-14-13(21(16)2)15(24)23(4)17(25)22(14)3/h5-7,9H,8H2,1-4H3. The van der Waals surface area contributed by atoms with E-state index < -0.39 is 17.4 Å². The first-order chi connectivity index (χ1) is 12.7. The van der Waals surface area contributed by atoms with E-state index in [1.54, 1.807) is 39.2 Å². The van der Waals surface area contributed by atoms with Crippen molar-refractivity contribution in [2.75, 3.05) is 6.61 Å². The number of imidazole rings is 1. The molecule has 2 aromatic heterocycles. The van der Waals surface area contributed by atoms with Crippen LogP contribution < -0.4 is 20.7 Å². The predicted octanol–water partition coefficient (Wildman–Crippen LogP) is 2.12. The van der Waals surface area contributed by atoms with E-state index in [1.165, 1.54) is 16.2 Å². The van der Waals surface area contributed by atoms with Crippen LogP contribution in [-0.2, 0) is 21.1 Å². The molecule has 0 spiro atoms. The van der Waals surface area contributed by atoms with Gasteiger partial charge < -0.3 is 9.47 Å². The van der Waals surface area contributed by atoms with E-state index in [0.717, 1.165) is 4.57 Å². The van der Waals surface area contributed by atoms with Crippen molar-refractivity contribution in [2.45, 2.75) is 13.0 Å².